The smallest absolute Gasteiger partial charge is 0.111 e. The van der Waals surface area contributed by atoms with Gasteiger partial charge in [-0.1, -0.05) is 12.1 Å². The van der Waals surface area contributed by atoms with Gasteiger partial charge in [-0.25, -0.2) is 9.97 Å². The Morgan fingerprint density at radius 1 is 1.30 bits per heavy atom. The minimum absolute atomic E-state index is 0.587. The van der Waals surface area contributed by atoms with Crippen molar-refractivity contribution in [1.29, 1.82) is 0 Å². The van der Waals surface area contributed by atoms with Gasteiger partial charge >= 0.3 is 0 Å². The largest absolute Gasteiger partial charge is 0.323 e. The Morgan fingerprint density at radius 3 is 2.85 bits per heavy atom. The summed E-state index contributed by atoms with van der Waals surface area (Å²) in [4.78, 5) is 10.4. The zero-order valence-corrected chi connectivity index (χ0v) is 13.1. The van der Waals surface area contributed by atoms with Gasteiger partial charge in [0, 0.05) is 17.2 Å². The average Bonchev–Trinajstić information content (AvgIpc) is 2.98. The van der Waals surface area contributed by atoms with Crippen LogP contribution in [0.4, 0.5) is 0 Å². The van der Waals surface area contributed by atoms with Gasteiger partial charge in [0.05, 0.1) is 28.8 Å². The van der Waals surface area contributed by atoms with E-state index in [0.29, 0.717) is 5.88 Å². The maximum atomic E-state index is 5.93. The van der Waals surface area contributed by atoms with Crippen molar-refractivity contribution in [3.8, 4) is 0 Å². The van der Waals surface area contributed by atoms with E-state index in [4.69, 9.17) is 16.6 Å². The molecular formula is C15H16ClN3S. The lowest BCUT2D eigenvalue weighted by Gasteiger charge is -2.07. The Kier molecular flexibility index (Phi) is 3.76. The van der Waals surface area contributed by atoms with Crippen LogP contribution in [0.5, 0.6) is 0 Å². The number of thiazole rings is 1. The fourth-order valence-corrected chi connectivity index (χ4v) is 3.34. The number of fused-ring (bicyclic) bond motifs is 1. The highest BCUT2D eigenvalue weighted by molar-refractivity contribution is 7.09. The summed E-state index contributed by atoms with van der Waals surface area (Å²) < 4.78 is 2.27. The number of aryl methyl sites for hydroxylation is 3. The van der Waals surface area contributed by atoms with Crippen molar-refractivity contribution < 1.29 is 0 Å². The van der Waals surface area contributed by atoms with E-state index in [1.165, 1.54) is 16.0 Å². The van der Waals surface area contributed by atoms with Gasteiger partial charge in [-0.2, -0.15) is 0 Å². The predicted molar refractivity (Wildman–Crippen MR) is 84.8 cm³/mol. The van der Waals surface area contributed by atoms with Gasteiger partial charge in [0.1, 0.15) is 5.82 Å². The summed E-state index contributed by atoms with van der Waals surface area (Å²) in [5.74, 6) is 1.64. The molecule has 0 radical (unpaired) electrons. The van der Waals surface area contributed by atoms with E-state index in [9.17, 15) is 0 Å². The summed E-state index contributed by atoms with van der Waals surface area (Å²) in [5.41, 5.74) is 6.46. The molecule has 0 amide bonds. The van der Waals surface area contributed by atoms with Crippen molar-refractivity contribution in [2.24, 2.45) is 0 Å². The van der Waals surface area contributed by atoms with Crippen LogP contribution in [0, 0.1) is 13.8 Å². The monoisotopic (exact) mass is 305 g/mol. The predicted octanol–water partition coefficient (Wildman–Crippen LogP) is 3.94. The second kappa shape index (κ2) is 5.54. The Morgan fingerprint density at radius 2 is 2.15 bits per heavy atom. The number of rotatable bonds is 4. The lowest BCUT2D eigenvalue weighted by molar-refractivity contribution is 0.758. The fourth-order valence-electron chi connectivity index (χ4n) is 2.41. The lowest BCUT2D eigenvalue weighted by atomic mass is 10.2. The molecule has 3 nitrogen and oxygen atoms in total. The molecule has 2 aromatic heterocycles. The molecule has 20 heavy (non-hydrogen) atoms. The minimum atomic E-state index is 0.587. The first-order valence-corrected chi connectivity index (χ1v) is 8.01. The molecular weight excluding hydrogens is 290 g/mol. The van der Waals surface area contributed by atoms with E-state index in [1.54, 1.807) is 11.3 Å². The molecule has 0 aliphatic carbocycles. The molecule has 2 heterocycles. The highest BCUT2D eigenvalue weighted by Gasteiger charge is 2.13. The molecule has 0 aliphatic rings. The number of nitrogens with zero attached hydrogens (tertiary/aromatic N) is 3. The van der Waals surface area contributed by atoms with Gasteiger partial charge in [0.15, 0.2) is 0 Å². The number of hydrogen-bond donors (Lipinski definition) is 0. The molecule has 0 N–H and O–H groups in total. The number of benzene rings is 1. The molecule has 0 unspecified atom stereocenters. The van der Waals surface area contributed by atoms with Gasteiger partial charge in [-0.15, -0.1) is 22.9 Å². The molecule has 5 heteroatoms. The summed E-state index contributed by atoms with van der Waals surface area (Å²) in [6, 6.07) is 6.31. The zero-order valence-electron chi connectivity index (χ0n) is 11.6. The molecule has 3 aromatic rings. The molecule has 1 aromatic carbocycles. The summed E-state index contributed by atoms with van der Waals surface area (Å²) in [6.07, 6.45) is 0.785. The topological polar surface area (TPSA) is 30.7 Å². The van der Waals surface area contributed by atoms with Crippen LogP contribution in [-0.4, -0.2) is 20.4 Å². The van der Waals surface area contributed by atoms with Crippen LogP contribution in [-0.2, 0) is 13.0 Å². The quantitative estimate of drug-likeness (QED) is 0.684. The van der Waals surface area contributed by atoms with Crippen LogP contribution < -0.4 is 0 Å². The summed E-state index contributed by atoms with van der Waals surface area (Å²) >= 11 is 7.62. The molecule has 0 saturated carbocycles. The van der Waals surface area contributed by atoms with Gasteiger partial charge in [-0.05, 0) is 25.5 Å². The maximum absolute atomic E-state index is 5.93. The number of hydrogen-bond acceptors (Lipinski definition) is 3. The zero-order chi connectivity index (χ0) is 14.1. The van der Waals surface area contributed by atoms with Crippen LogP contribution in [0.15, 0.2) is 23.7 Å². The number of para-hydroxylation sites is 1. The van der Waals surface area contributed by atoms with E-state index >= 15 is 0 Å². The van der Waals surface area contributed by atoms with Crippen LogP contribution >= 0.6 is 22.9 Å². The molecule has 0 aliphatic heterocycles. The fraction of sp³-hybridized carbons (Fsp3) is 0.333. The van der Waals surface area contributed by atoms with Gasteiger partial charge in [-0.3, -0.25) is 0 Å². The number of alkyl halides is 1. The van der Waals surface area contributed by atoms with Crippen LogP contribution in [0.3, 0.4) is 0 Å². The third kappa shape index (κ3) is 2.34. The Labute approximate surface area is 127 Å². The summed E-state index contributed by atoms with van der Waals surface area (Å²) in [6.45, 7) is 4.97. The van der Waals surface area contributed by atoms with E-state index in [1.807, 2.05) is 5.51 Å². The minimum Gasteiger partial charge on any atom is -0.323 e. The number of halogens is 1. The molecule has 3 rings (SSSR count). The Hall–Kier alpha value is -1.39. The van der Waals surface area contributed by atoms with Crippen LogP contribution in [0.1, 0.15) is 22.0 Å². The second-order valence-corrected chi connectivity index (χ2v) is 6.17. The third-order valence-electron chi connectivity index (χ3n) is 3.52. The van der Waals surface area contributed by atoms with Gasteiger partial charge in [0.25, 0.3) is 0 Å². The first kappa shape index (κ1) is 13.6. The summed E-state index contributed by atoms with van der Waals surface area (Å²) in [5, 5.41) is 0. The third-order valence-corrected chi connectivity index (χ3v) is 4.63. The van der Waals surface area contributed by atoms with Crippen molar-refractivity contribution in [3.05, 3.63) is 45.7 Å². The van der Waals surface area contributed by atoms with E-state index < -0.39 is 0 Å². The Balaban J connectivity index is 2.14. The van der Waals surface area contributed by atoms with Crippen molar-refractivity contribution in [3.63, 3.8) is 0 Å². The highest BCUT2D eigenvalue weighted by atomic mass is 35.5. The number of aromatic nitrogens is 3. The van der Waals surface area contributed by atoms with Gasteiger partial charge < -0.3 is 4.57 Å². The SMILES string of the molecule is Cc1ncsc1Cn1c(CCCl)nc2c(C)cccc21. The van der Waals surface area contributed by atoms with Crippen molar-refractivity contribution in [2.45, 2.75) is 26.8 Å². The van der Waals surface area contributed by atoms with E-state index in [2.05, 4.69) is 41.6 Å². The van der Waals surface area contributed by atoms with Crippen molar-refractivity contribution >= 4 is 34.0 Å². The molecule has 104 valence electrons. The maximum Gasteiger partial charge on any atom is 0.111 e. The van der Waals surface area contributed by atoms with Crippen LogP contribution in [0.2, 0.25) is 0 Å². The molecule has 0 fully saturated rings. The Bertz CT molecular complexity index is 745. The molecule has 0 bridgehead atoms. The van der Waals surface area contributed by atoms with E-state index in [0.717, 1.165) is 30.0 Å². The number of imidazole rings is 1. The van der Waals surface area contributed by atoms with E-state index in [-0.39, 0.29) is 0 Å². The first-order valence-electron chi connectivity index (χ1n) is 6.60. The van der Waals surface area contributed by atoms with Gasteiger partial charge in [0.2, 0.25) is 0 Å². The molecule has 0 atom stereocenters. The second-order valence-electron chi connectivity index (χ2n) is 4.86. The summed E-state index contributed by atoms with van der Waals surface area (Å²) in [7, 11) is 0. The van der Waals surface area contributed by atoms with Crippen molar-refractivity contribution in [1.82, 2.24) is 14.5 Å². The molecule has 0 saturated heterocycles. The average molecular weight is 306 g/mol. The van der Waals surface area contributed by atoms with Crippen molar-refractivity contribution in [2.75, 3.05) is 5.88 Å². The molecule has 0 spiro atoms. The van der Waals surface area contributed by atoms with Crippen LogP contribution in [0.25, 0.3) is 11.0 Å². The normalized spacial score (nSPS) is 11.3. The highest BCUT2D eigenvalue weighted by Crippen LogP contribution is 2.23. The first-order chi connectivity index (χ1) is 9.70. The lowest BCUT2D eigenvalue weighted by Crippen LogP contribution is -2.05. The standard InChI is InChI=1S/C15H16ClN3S/c1-10-4-3-5-12-15(10)18-14(6-7-16)19(12)8-13-11(2)17-9-20-13/h3-5,9H,6-8H2,1-2H3.